The Labute approximate surface area is 203 Å². The van der Waals surface area contributed by atoms with E-state index in [1.54, 1.807) is 22.6 Å². The van der Waals surface area contributed by atoms with Gasteiger partial charge in [0.25, 0.3) is 11.5 Å². The van der Waals surface area contributed by atoms with Gasteiger partial charge in [-0.3, -0.25) is 19.1 Å². The van der Waals surface area contributed by atoms with E-state index < -0.39 is 66.7 Å². The molecule has 2 aliphatic heterocycles. The molecule has 4 heterocycles. The maximum atomic E-state index is 11.6. The van der Waals surface area contributed by atoms with Gasteiger partial charge in [-0.15, -0.1) is 5.10 Å². The number of halogens is 1. The molecule has 2 aromatic heterocycles. The fourth-order valence-corrected chi connectivity index (χ4v) is 3.77. The van der Waals surface area contributed by atoms with Gasteiger partial charge < -0.3 is 40.7 Å². The van der Waals surface area contributed by atoms with Gasteiger partial charge in [0.1, 0.15) is 37.0 Å². The molecule has 1 amide bonds. The Morgan fingerprint density at radius 3 is 2.38 bits per heavy atom. The van der Waals surface area contributed by atoms with Crippen molar-refractivity contribution < 1.29 is 39.8 Å². The number of amides is 1. The number of nitrogens with two attached hydrogens (primary N) is 1. The molecule has 0 aliphatic carbocycles. The van der Waals surface area contributed by atoms with E-state index in [9.17, 15) is 29.7 Å². The molecule has 4 rings (SSSR count). The van der Waals surface area contributed by atoms with Gasteiger partial charge in [0, 0.05) is 12.6 Å². The van der Waals surface area contributed by atoms with Gasteiger partial charge in [0.05, 0.1) is 22.9 Å². The quantitative estimate of drug-likeness (QED) is 0.162. The lowest BCUT2D eigenvalue weighted by Gasteiger charge is -2.14. The van der Waals surface area contributed by atoms with Crippen LogP contribution in [-0.4, -0.2) is 99.5 Å². The second kappa shape index (κ2) is 11.0. The minimum absolute atomic E-state index is 0.202. The van der Waals surface area contributed by atoms with Crippen molar-refractivity contribution in [3.8, 4) is 0 Å². The summed E-state index contributed by atoms with van der Waals surface area (Å²) in [6.45, 7) is -0.751. The fraction of sp³-hybridized carbons (Fsp3) is 0.588. The fourth-order valence-electron chi connectivity index (χ4n) is 3.33. The molecular weight excluding hydrogens is 575 g/mol. The molecule has 188 valence electrons. The van der Waals surface area contributed by atoms with Gasteiger partial charge in [-0.25, -0.2) is 14.5 Å². The first-order chi connectivity index (χ1) is 16.1. The first-order valence-corrected chi connectivity index (χ1v) is 10.9. The maximum Gasteiger partial charge on any atom is 0.330 e. The molecule has 0 spiro atoms. The van der Waals surface area contributed by atoms with Gasteiger partial charge in [0.15, 0.2) is 6.23 Å². The van der Waals surface area contributed by atoms with Gasteiger partial charge in [-0.05, 0) is 22.6 Å². The van der Waals surface area contributed by atoms with Crippen LogP contribution in [0, 0.1) is 3.57 Å². The third-order valence-electron chi connectivity index (χ3n) is 5.13. The number of aliphatic hydroxyl groups is 5. The highest BCUT2D eigenvalue weighted by atomic mass is 127. The zero-order chi connectivity index (χ0) is 25.2. The van der Waals surface area contributed by atoms with Gasteiger partial charge in [-0.2, -0.15) is 0 Å². The Balaban J connectivity index is 0.000000191. The average Bonchev–Trinajstić information content (AvgIpc) is 3.50. The van der Waals surface area contributed by atoms with Crippen LogP contribution >= 0.6 is 22.6 Å². The van der Waals surface area contributed by atoms with Crippen molar-refractivity contribution in [3.63, 3.8) is 0 Å². The van der Waals surface area contributed by atoms with Crippen LogP contribution in [-0.2, 0) is 9.47 Å². The summed E-state index contributed by atoms with van der Waals surface area (Å²) in [7, 11) is 0. The summed E-state index contributed by atoms with van der Waals surface area (Å²) < 4.78 is 13.1. The van der Waals surface area contributed by atoms with Crippen LogP contribution in [0.3, 0.4) is 0 Å². The molecule has 2 aliphatic rings. The summed E-state index contributed by atoms with van der Waals surface area (Å²) in [5.74, 6) is -1.03. The highest BCUT2D eigenvalue weighted by molar-refractivity contribution is 14.1. The SMILES string of the molecule is NC(=O)c1ncn([C@@H]2O[C@H](CO)[C@@H](O)[C@H]2O)n1.O=c1[nH]c(=O)n(C2C[C@H](O)[C@@H](CO)O2)cc1I. The van der Waals surface area contributed by atoms with Crippen molar-refractivity contribution in [2.24, 2.45) is 5.73 Å². The summed E-state index contributed by atoms with van der Waals surface area (Å²) in [6, 6.07) is 0. The van der Waals surface area contributed by atoms with Crippen molar-refractivity contribution in [2.75, 3.05) is 13.2 Å². The number of ether oxygens (including phenoxy) is 2. The predicted octanol–water partition coefficient (Wildman–Crippen LogP) is -4.23. The molecule has 0 radical (unpaired) electrons. The lowest BCUT2D eigenvalue weighted by molar-refractivity contribution is -0.0588. The van der Waals surface area contributed by atoms with Gasteiger partial charge in [0.2, 0.25) is 5.82 Å². The number of hydrogen-bond donors (Lipinski definition) is 7. The van der Waals surface area contributed by atoms with Crippen molar-refractivity contribution >= 4 is 28.5 Å². The Kier molecular flexibility index (Phi) is 8.52. The van der Waals surface area contributed by atoms with Crippen LogP contribution in [0.15, 0.2) is 22.1 Å². The molecule has 2 fully saturated rings. The first kappa shape index (κ1) is 26.3. The molecule has 17 heteroatoms. The Hall–Kier alpha value is -2.26. The van der Waals surface area contributed by atoms with E-state index in [-0.39, 0.29) is 18.9 Å². The summed E-state index contributed by atoms with van der Waals surface area (Å²) in [6.07, 6.45) is -3.87. The Morgan fingerprint density at radius 2 is 1.85 bits per heavy atom. The number of hydrogen-bond acceptors (Lipinski definition) is 12. The number of nitrogens with one attached hydrogen (secondary N) is 1. The minimum atomic E-state index is -1.27. The molecule has 0 aromatic carbocycles. The molecule has 7 atom stereocenters. The minimum Gasteiger partial charge on any atom is -0.394 e. The largest absolute Gasteiger partial charge is 0.394 e. The normalized spacial score (nSPS) is 30.7. The van der Waals surface area contributed by atoms with Crippen LogP contribution < -0.4 is 17.0 Å². The van der Waals surface area contributed by atoms with Crippen molar-refractivity contribution in [2.45, 2.75) is 49.4 Å². The zero-order valence-corrected chi connectivity index (χ0v) is 19.5. The molecule has 2 saturated heterocycles. The number of primary amides is 1. The van der Waals surface area contributed by atoms with Gasteiger partial charge in [-0.1, -0.05) is 0 Å². The molecule has 2 aromatic rings. The second-order valence-electron chi connectivity index (χ2n) is 7.40. The number of aromatic amines is 1. The summed E-state index contributed by atoms with van der Waals surface area (Å²) >= 11 is 1.80. The van der Waals surface area contributed by atoms with E-state index in [0.717, 1.165) is 11.0 Å². The lowest BCUT2D eigenvalue weighted by Crippen LogP contribution is -2.33. The highest BCUT2D eigenvalue weighted by Crippen LogP contribution is 2.28. The van der Waals surface area contributed by atoms with Crippen LogP contribution in [0.2, 0.25) is 0 Å². The maximum absolute atomic E-state index is 11.6. The Bertz CT molecular complexity index is 1120. The molecule has 0 bridgehead atoms. The van der Waals surface area contributed by atoms with E-state index in [4.69, 9.17) is 25.4 Å². The second-order valence-corrected chi connectivity index (χ2v) is 8.56. The van der Waals surface area contributed by atoms with E-state index in [0.29, 0.717) is 3.57 Å². The topological polar surface area (TPSA) is 248 Å². The standard InChI is InChI=1S/C9H11IN2O5.C8H12N4O5/c10-4-2-12(9(16)11-8(4)15)7-1-5(14)6(3-13)17-7;9-6(16)7-10-2-12(11-7)8-5(15)4(14)3(1-13)17-8/h2,5-7,13-14H,1,3H2,(H,11,15,16);2-5,8,13-15H,1H2,(H2,9,16)/t5-,6+,7?;3-,4-,5-,8-/m01/s1. The first-order valence-electron chi connectivity index (χ1n) is 9.86. The number of aromatic nitrogens is 5. The third-order valence-corrected chi connectivity index (χ3v) is 5.89. The van der Waals surface area contributed by atoms with Crippen molar-refractivity contribution in [1.29, 1.82) is 0 Å². The smallest absolute Gasteiger partial charge is 0.330 e. The summed E-state index contributed by atoms with van der Waals surface area (Å²) in [4.78, 5) is 39.3. The van der Waals surface area contributed by atoms with Crippen molar-refractivity contribution in [1.82, 2.24) is 24.3 Å². The average molecular weight is 598 g/mol. The summed E-state index contributed by atoms with van der Waals surface area (Å²) in [5, 5.41) is 50.3. The molecule has 8 N–H and O–H groups in total. The number of rotatable bonds is 5. The molecule has 34 heavy (non-hydrogen) atoms. The highest BCUT2D eigenvalue weighted by Gasteiger charge is 2.44. The third kappa shape index (κ3) is 5.51. The lowest BCUT2D eigenvalue weighted by atomic mass is 10.1. The number of H-pyrrole nitrogens is 1. The Morgan fingerprint density at radius 1 is 1.18 bits per heavy atom. The number of nitrogens with zero attached hydrogens (tertiary/aromatic N) is 4. The molecular formula is C17H23IN6O10. The number of aliphatic hydroxyl groups excluding tert-OH is 5. The van der Waals surface area contributed by atoms with E-state index in [2.05, 4.69) is 15.1 Å². The van der Waals surface area contributed by atoms with Crippen LogP contribution in [0.5, 0.6) is 0 Å². The molecule has 0 saturated carbocycles. The zero-order valence-electron chi connectivity index (χ0n) is 17.3. The van der Waals surface area contributed by atoms with Gasteiger partial charge >= 0.3 is 5.69 Å². The van der Waals surface area contributed by atoms with Crippen LogP contribution in [0.4, 0.5) is 0 Å². The van der Waals surface area contributed by atoms with E-state index >= 15 is 0 Å². The molecule has 16 nitrogen and oxygen atoms in total. The summed E-state index contributed by atoms with van der Waals surface area (Å²) in [5.41, 5.74) is 3.93. The number of carbonyl (C=O) groups is 1. The van der Waals surface area contributed by atoms with Crippen molar-refractivity contribution in [3.05, 3.63) is 42.8 Å². The molecule has 1 unspecified atom stereocenters. The van der Waals surface area contributed by atoms with E-state index in [1.165, 1.54) is 10.8 Å². The van der Waals surface area contributed by atoms with Crippen LogP contribution in [0.1, 0.15) is 29.5 Å². The predicted molar refractivity (Wildman–Crippen MR) is 117 cm³/mol. The number of carbonyl (C=O) groups excluding carboxylic acids is 1. The van der Waals surface area contributed by atoms with E-state index in [1.807, 2.05) is 0 Å². The van der Waals surface area contributed by atoms with Crippen LogP contribution in [0.25, 0.3) is 0 Å². The monoisotopic (exact) mass is 598 g/mol.